The zero-order valence-electron chi connectivity index (χ0n) is 13.0. The largest absolute Gasteiger partial charge is 0.371 e. The third-order valence-corrected chi connectivity index (χ3v) is 4.57. The summed E-state index contributed by atoms with van der Waals surface area (Å²) in [4.78, 5) is 26.8. The molecule has 0 unspecified atom stereocenters. The van der Waals surface area contributed by atoms with Crippen molar-refractivity contribution in [3.8, 4) is 0 Å². The van der Waals surface area contributed by atoms with Gasteiger partial charge in [0, 0.05) is 38.0 Å². The fraction of sp³-hybridized carbons (Fsp3) is 0.500. The van der Waals surface area contributed by atoms with E-state index in [1.165, 1.54) is 30.0 Å². The van der Waals surface area contributed by atoms with Crippen LogP contribution < -0.4 is 9.80 Å². The molecule has 0 fully saturated rings. The van der Waals surface area contributed by atoms with Gasteiger partial charge in [-0.25, -0.2) is 0 Å². The van der Waals surface area contributed by atoms with E-state index in [2.05, 4.69) is 32.7 Å². The summed E-state index contributed by atoms with van der Waals surface area (Å²) in [5.74, 6) is -0.510. The number of carbonyl (C=O) groups is 2. The molecule has 1 heterocycles. The molecule has 2 rings (SSSR count). The molecule has 1 aromatic carbocycles. The first-order chi connectivity index (χ1) is 9.17. The van der Waals surface area contributed by atoms with Crippen LogP contribution in [0.4, 0.5) is 11.4 Å². The maximum absolute atomic E-state index is 11.7. The highest BCUT2D eigenvalue weighted by Crippen LogP contribution is 2.45. The van der Waals surface area contributed by atoms with E-state index in [0.29, 0.717) is 11.7 Å². The van der Waals surface area contributed by atoms with Crippen LogP contribution in [0.5, 0.6) is 0 Å². The SMILES string of the molecule is CC(=O)N(C(C)=O)c1ccc2c(c1)C(C)(C)[C@@H](C)N2C. The number of likely N-dealkylation sites (N-methyl/N-ethyl adjacent to an activating group) is 1. The number of rotatable bonds is 1. The van der Waals surface area contributed by atoms with E-state index in [1.54, 1.807) is 0 Å². The average Bonchev–Trinajstić information content (AvgIpc) is 2.51. The Morgan fingerprint density at radius 1 is 1.20 bits per heavy atom. The molecule has 2 amide bonds. The normalized spacial score (nSPS) is 19.7. The number of anilines is 2. The minimum atomic E-state index is -0.255. The molecule has 20 heavy (non-hydrogen) atoms. The summed E-state index contributed by atoms with van der Waals surface area (Å²) in [6.45, 7) is 9.39. The zero-order valence-corrected chi connectivity index (χ0v) is 13.0. The van der Waals surface area contributed by atoms with Crippen LogP contribution in [-0.4, -0.2) is 24.9 Å². The fourth-order valence-electron chi connectivity index (χ4n) is 2.99. The standard InChI is InChI=1S/C16H22N2O2/c1-10-16(4,5)14-9-13(7-8-15(14)17(10)6)18(11(2)19)12(3)20/h7-10H,1-6H3/t10-/m1/s1. The molecule has 4 heteroatoms. The second-order valence-electron chi connectivity index (χ2n) is 6.08. The zero-order chi connectivity index (χ0) is 15.2. The van der Waals surface area contributed by atoms with Crippen LogP contribution in [0.2, 0.25) is 0 Å². The quantitative estimate of drug-likeness (QED) is 0.790. The van der Waals surface area contributed by atoms with Gasteiger partial charge in [-0.1, -0.05) is 13.8 Å². The molecule has 0 spiro atoms. The molecule has 0 saturated carbocycles. The van der Waals surface area contributed by atoms with Crippen molar-refractivity contribution < 1.29 is 9.59 Å². The van der Waals surface area contributed by atoms with E-state index in [9.17, 15) is 9.59 Å². The maximum Gasteiger partial charge on any atom is 0.230 e. The summed E-state index contributed by atoms with van der Waals surface area (Å²) in [6, 6.07) is 6.18. The first-order valence-electron chi connectivity index (χ1n) is 6.86. The molecule has 0 saturated heterocycles. The van der Waals surface area contributed by atoms with Gasteiger partial charge in [-0.15, -0.1) is 0 Å². The Kier molecular flexibility index (Phi) is 3.36. The molecule has 0 N–H and O–H groups in total. The van der Waals surface area contributed by atoms with Gasteiger partial charge in [0.2, 0.25) is 11.8 Å². The highest BCUT2D eigenvalue weighted by Gasteiger charge is 2.40. The molecule has 1 aliphatic heterocycles. The smallest absolute Gasteiger partial charge is 0.230 e. The molecule has 1 aromatic rings. The van der Waals surface area contributed by atoms with Crippen molar-refractivity contribution in [2.45, 2.75) is 46.1 Å². The van der Waals surface area contributed by atoms with Crippen LogP contribution in [0.1, 0.15) is 40.2 Å². The van der Waals surface area contributed by atoms with E-state index in [4.69, 9.17) is 0 Å². The number of nitrogens with zero attached hydrogens (tertiary/aromatic N) is 2. The Bertz CT molecular complexity index is 564. The predicted molar refractivity (Wildman–Crippen MR) is 81.2 cm³/mol. The number of hydrogen-bond acceptors (Lipinski definition) is 3. The van der Waals surface area contributed by atoms with Crippen molar-refractivity contribution in [2.75, 3.05) is 16.8 Å². The predicted octanol–water partition coefficient (Wildman–Crippen LogP) is 2.70. The summed E-state index contributed by atoms with van der Waals surface area (Å²) < 4.78 is 0. The van der Waals surface area contributed by atoms with E-state index in [1.807, 2.05) is 18.2 Å². The van der Waals surface area contributed by atoms with Crippen molar-refractivity contribution in [3.05, 3.63) is 23.8 Å². The van der Waals surface area contributed by atoms with E-state index < -0.39 is 0 Å². The van der Waals surface area contributed by atoms with Gasteiger partial charge in [0.1, 0.15) is 0 Å². The molecular formula is C16H22N2O2. The molecule has 0 radical (unpaired) electrons. The maximum atomic E-state index is 11.7. The summed E-state index contributed by atoms with van der Waals surface area (Å²) in [5, 5.41) is 0. The van der Waals surface area contributed by atoms with Crippen LogP contribution in [-0.2, 0) is 15.0 Å². The Morgan fingerprint density at radius 2 is 1.75 bits per heavy atom. The fourth-order valence-corrected chi connectivity index (χ4v) is 2.99. The van der Waals surface area contributed by atoms with Crippen molar-refractivity contribution in [1.82, 2.24) is 0 Å². The number of hydrogen-bond donors (Lipinski definition) is 0. The van der Waals surface area contributed by atoms with Crippen LogP contribution in [0.25, 0.3) is 0 Å². The van der Waals surface area contributed by atoms with Crippen LogP contribution in [0.3, 0.4) is 0 Å². The average molecular weight is 274 g/mol. The first-order valence-corrected chi connectivity index (χ1v) is 6.86. The Hall–Kier alpha value is -1.84. The van der Waals surface area contributed by atoms with Crippen LogP contribution in [0, 0.1) is 0 Å². The number of benzene rings is 1. The van der Waals surface area contributed by atoms with Gasteiger partial charge in [0.15, 0.2) is 0 Å². The lowest BCUT2D eigenvalue weighted by molar-refractivity contribution is -0.124. The molecule has 1 aliphatic rings. The highest BCUT2D eigenvalue weighted by atomic mass is 16.2. The van der Waals surface area contributed by atoms with Gasteiger partial charge in [0.05, 0.1) is 5.69 Å². The molecule has 1 atom stereocenters. The van der Waals surface area contributed by atoms with E-state index in [-0.39, 0.29) is 17.2 Å². The summed E-state index contributed by atoms with van der Waals surface area (Å²) >= 11 is 0. The van der Waals surface area contributed by atoms with Gasteiger partial charge >= 0.3 is 0 Å². The van der Waals surface area contributed by atoms with Crippen LogP contribution in [0.15, 0.2) is 18.2 Å². The van der Waals surface area contributed by atoms with Gasteiger partial charge in [-0.2, -0.15) is 0 Å². The Morgan fingerprint density at radius 3 is 2.25 bits per heavy atom. The first kappa shape index (κ1) is 14.6. The second kappa shape index (κ2) is 4.62. The number of carbonyl (C=O) groups excluding carboxylic acids is 2. The summed E-state index contributed by atoms with van der Waals surface area (Å²) in [6.07, 6.45) is 0. The monoisotopic (exact) mass is 274 g/mol. The molecule has 0 bridgehead atoms. The summed E-state index contributed by atoms with van der Waals surface area (Å²) in [5.41, 5.74) is 2.98. The number of amides is 2. The highest BCUT2D eigenvalue weighted by molar-refractivity contribution is 6.13. The molecule has 0 aliphatic carbocycles. The van der Waals surface area contributed by atoms with Gasteiger partial charge < -0.3 is 4.90 Å². The van der Waals surface area contributed by atoms with Crippen molar-refractivity contribution >= 4 is 23.2 Å². The van der Waals surface area contributed by atoms with Crippen LogP contribution >= 0.6 is 0 Å². The van der Waals surface area contributed by atoms with E-state index >= 15 is 0 Å². The third kappa shape index (κ3) is 1.99. The van der Waals surface area contributed by atoms with Gasteiger partial charge in [-0.3, -0.25) is 14.5 Å². The van der Waals surface area contributed by atoms with E-state index in [0.717, 1.165) is 0 Å². The second-order valence-corrected chi connectivity index (χ2v) is 6.08. The lowest BCUT2D eigenvalue weighted by atomic mass is 9.81. The lowest BCUT2D eigenvalue weighted by Gasteiger charge is -2.28. The number of fused-ring (bicyclic) bond motifs is 1. The molecule has 108 valence electrons. The molecular weight excluding hydrogens is 252 g/mol. The molecule has 0 aromatic heterocycles. The Labute approximate surface area is 120 Å². The van der Waals surface area contributed by atoms with Gasteiger partial charge in [0.25, 0.3) is 0 Å². The lowest BCUT2D eigenvalue weighted by Crippen LogP contribution is -2.36. The Balaban J connectivity index is 2.56. The van der Waals surface area contributed by atoms with Gasteiger partial charge in [-0.05, 0) is 30.7 Å². The van der Waals surface area contributed by atoms with Crippen molar-refractivity contribution in [2.24, 2.45) is 0 Å². The minimum absolute atomic E-state index is 0.0145. The third-order valence-electron chi connectivity index (χ3n) is 4.57. The van der Waals surface area contributed by atoms with Crippen molar-refractivity contribution in [3.63, 3.8) is 0 Å². The summed E-state index contributed by atoms with van der Waals surface area (Å²) in [7, 11) is 2.08. The number of imide groups is 1. The minimum Gasteiger partial charge on any atom is -0.371 e. The topological polar surface area (TPSA) is 40.6 Å². The molecule has 4 nitrogen and oxygen atoms in total. The van der Waals surface area contributed by atoms with Crippen molar-refractivity contribution in [1.29, 1.82) is 0 Å².